The zero-order valence-corrected chi connectivity index (χ0v) is 9.66. The molecule has 1 aromatic carbocycles. The van der Waals surface area contributed by atoms with Gasteiger partial charge in [0, 0.05) is 23.5 Å². The van der Waals surface area contributed by atoms with Crippen LogP contribution < -0.4 is 16.8 Å². The summed E-state index contributed by atoms with van der Waals surface area (Å²) >= 11 is 0. The maximum atomic E-state index is 12.7. The van der Waals surface area contributed by atoms with Gasteiger partial charge in [0.15, 0.2) is 0 Å². The third-order valence-corrected chi connectivity index (χ3v) is 2.12. The molecule has 7 heteroatoms. The fourth-order valence-corrected chi connectivity index (χ4v) is 1.35. The molecule has 0 fully saturated rings. The summed E-state index contributed by atoms with van der Waals surface area (Å²) < 4.78 is 30.3. The highest BCUT2D eigenvalue weighted by Crippen LogP contribution is 2.28. The average Bonchev–Trinajstić information content (AvgIpc) is 2.29. The largest absolute Gasteiger partial charge is 0.399 e. The lowest BCUT2D eigenvalue weighted by Gasteiger charge is -2.12. The maximum absolute atomic E-state index is 12.7. The second-order valence-electron chi connectivity index (χ2n) is 3.59. The highest BCUT2D eigenvalue weighted by Gasteiger charge is 2.12. The summed E-state index contributed by atoms with van der Waals surface area (Å²) in [5.74, 6) is -0.573. The van der Waals surface area contributed by atoms with E-state index in [2.05, 4.69) is 5.32 Å². The number of primary amides is 1. The van der Waals surface area contributed by atoms with Gasteiger partial charge in [-0.1, -0.05) is 0 Å². The molecule has 0 aliphatic carbocycles. The van der Waals surface area contributed by atoms with Crippen LogP contribution in [0.4, 0.5) is 20.2 Å². The Morgan fingerprint density at radius 1 is 1.44 bits per heavy atom. The van der Waals surface area contributed by atoms with Gasteiger partial charge in [-0.25, -0.2) is 8.78 Å². The minimum Gasteiger partial charge on any atom is -0.399 e. The van der Waals surface area contributed by atoms with Crippen LogP contribution in [-0.2, 0) is 9.53 Å². The number of halogens is 2. The molecule has 0 aliphatic heterocycles. The number of hydrogen-bond donors (Lipinski definition) is 3. The van der Waals surface area contributed by atoms with Gasteiger partial charge in [-0.15, -0.1) is 0 Å². The number of benzene rings is 1. The molecule has 0 heterocycles. The summed E-state index contributed by atoms with van der Waals surface area (Å²) in [5.41, 5.74) is 10.7. The number of amides is 1. The molecule has 100 valence electrons. The average molecular weight is 259 g/mol. The van der Waals surface area contributed by atoms with Gasteiger partial charge in [-0.2, -0.15) is 0 Å². The number of rotatable bonds is 7. The van der Waals surface area contributed by atoms with E-state index >= 15 is 0 Å². The molecule has 1 amide bonds. The Morgan fingerprint density at radius 3 is 2.78 bits per heavy atom. The van der Waals surface area contributed by atoms with Gasteiger partial charge in [0.1, 0.15) is 6.61 Å². The first-order valence-corrected chi connectivity index (χ1v) is 5.28. The normalized spacial score (nSPS) is 10.6. The molecule has 0 saturated heterocycles. The Balaban J connectivity index is 2.49. The van der Waals surface area contributed by atoms with Crippen LogP contribution in [0.15, 0.2) is 18.2 Å². The van der Waals surface area contributed by atoms with E-state index in [1.54, 1.807) is 0 Å². The molecule has 0 aromatic heterocycles. The van der Waals surface area contributed by atoms with E-state index in [1.165, 1.54) is 18.2 Å². The molecule has 18 heavy (non-hydrogen) atoms. The summed E-state index contributed by atoms with van der Waals surface area (Å²) in [7, 11) is 0. The third-order valence-electron chi connectivity index (χ3n) is 2.12. The topological polar surface area (TPSA) is 90.4 Å². The molecule has 0 spiro atoms. The molecule has 0 radical (unpaired) electrons. The lowest BCUT2D eigenvalue weighted by Crippen LogP contribution is -2.20. The highest BCUT2D eigenvalue weighted by atomic mass is 19.3. The number of carbonyl (C=O) groups is 1. The number of nitrogens with one attached hydrogen (secondary N) is 1. The van der Waals surface area contributed by atoms with Crippen LogP contribution in [0.3, 0.4) is 0 Å². The minimum absolute atomic E-state index is 0.162. The highest BCUT2D eigenvalue weighted by molar-refractivity contribution is 5.74. The lowest BCUT2D eigenvalue weighted by molar-refractivity contribution is -0.122. The maximum Gasteiger partial charge on any atom is 0.265 e. The van der Waals surface area contributed by atoms with E-state index in [0.717, 1.165) is 0 Å². The van der Waals surface area contributed by atoms with Crippen LogP contribution >= 0.6 is 0 Å². The van der Waals surface area contributed by atoms with E-state index in [9.17, 15) is 13.6 Å². The van der Waals surface area contributed by atoms with Crippen molar-refractivity contribution < 1.29 is 18.3 Å². The second-order valence-corrected chi connectivity index (χ2v) is 3.59. The predicted molar refractivity (Wildman–Crippen MR) is 64.3 cm³/mol. The van der Waals surface area contributed by atoms with Gasteiger partial charge in [0.25, 0.3) is 6.43 Å². The molecule has 0 atom stereocenters. The summed E-state index contributed by atoms with van der Waals surface area (Å²) in [4.78, 5) is 10.4. The molecule has 0 aliphatic rings. The lowest BCUT2D eigenvalue weighted by atomic mass is 10.1. The Morgan fingerprint density at radius 2 is 2.17 bits per heavy atom. The zero-order valence-electron chi connectivity index (χ0n) is 9.66. The van der Waals surface area contributed by atoms with Crippen LogP contribution in [0.2, 0.25) is 0 Å². The molecule has 1 aromatic rings. The fraction of sp³-hybridized carbons (Fsp3) is 0.364. The van der Waals surface area contributed by atoms with Gasteiger partial charge >= 0.3 is 0 Å². The van der Waals surface area contributed by atoms with Crippen molar-refractivity contribution in [1.82, 2.24) is 0 Å². The van der Waals surface area contributed by atoms with Crippen LogP contribution in [0, 0.1) is 0 Å². The molecular formula is C11H15F2N3O2. The summed E-state index contributed by atoms with van der Waals surface area (Å²) in [6, 6.07) is 4.22. The van der Waals surface area contributed by atoms with Crippen molar-refractivity contribution in [3.05, 3.63) is 23.8 Å². The molecule has 1 rings (SSSR count). The first-order chi connectivity index (χ1) is 8.50. The Bertz CT molecular complexity index is 413. The van der Waals surface area contributed by atoms with E-state index < -0.39 is 12.3 Å². The minimum atomic E-state index is -2.61. The smallest absolute Gasteiger partial charge is 0.265 e. The van der Waals surface area contributed by atoms with E-state index in [-0.39, 0.29) is 31.0 Å². The van der Waals surface area contributed by atoms with Crippen molar-refractivity contribution in [3.8, 4) is 0 Å². The number of anilines is 2. The molecular weight excluding hydrogens is 244 g/mol. The van der Waals surface area contributed by atoms with Crippen molar-refractivity contribution in [2.45, 2.75) is 6.43 Å². The Kier molecular flexibility index (Phi) is 5.31. The van der Waals surface area contributed by atoms with E-state index in [4.69, 9.17) is 16.2 Å². The first-order valence-electron chi connectivity index (χ1n) is 5.28. The standard InChI is InChI=1S/C11H15F2N3O2/c12-11(13)8-5-7(14)1-2-9(8)16-3-4-18-6-10(15)17/h1-2,5,11,16H,3-4,6,14H2,(H2,15,17). The Hall–Kier alpha value is -1.89. The van der Waals surface area contributed by atoms with Gasteiger partial charge < -0.3 is 21.5 Å². The van der Waals surface area contributed by atoms with Crippen molar-refractivity contribution in [2.75, 3.05) is 30.8 Å². The summed E-state index contributed by atoms with van der Waals surface area (Å²) in [5, 5.41) is 2.78. The molecule has 5 N–H and O–H groups in total. The van der Waals surface area contributed by atoms with Gasteiger partial charge in [0.05, 0.1) is 6.61 Å². The number of ether oxygens (including phenoxy) is 1. The molecule has 0 bridgehead atoms. The van der Waals surface area contributed by atoms with Gasteiger partial charge in [-0.3, -0.25) is 4.79 Å². The van der Waals surface area contributed by atoms with Crippen molar-refractivity contribution in [1.29, 1.82) is 0 Å². The Labute approximate surface area is 103 Å². The number of hydrogen-bond acceptors (Lipinski definition) is 4. The van der Waals surface area contributed by atoms with Gasteiger partial charge in [-0.05, 0) is 18.2 Å². The molecule has 0 saturated carbocycles. The number of carbonyl (C=O) groups excluding carboxylic acids is 1. The van der Waals surface area contributed by atoms with Crippen molar-refractivity contribution in [3.63, 3.8) is 0 Å². The van der Waals surface area contributed by atoms with Crippen LogP contribution in [0.5, 0.6) is 0 Å². The van der Waals surface area contributed by atoms with E-state index in [1.807, 2.05) is 0 Å². The second kappa shape index (κ2) is 6.75. The number of nitrogen functional groups attached to an aromatic ring is 1. The number of nitrogens with two attached hydrogens (primary N) is 2. The molecule has 5 nitrogen and oxygen atoms in total. The monoisotopic (exact) mass is 259 g/mol. The van der Waals surface area contributed by atoms with Crippen LogP contribution in [0.25, 0.3) is 0 Å². The van der Waals surface area contributed by atoms with E-state index in [0.29, 0.717) is 5.69 Å². The summed E-state index contributed by atoms with van der Waals surface area (Å²) in [6.45, 7) is 0.290. The van der Waals surface area contributed by atoms with Crippen molar-refractivity contribution >= 4 is 17.3 Å². The fourth-order valence-electron chi connectivity index (χ4n) is 1.35. The quantitative estimate of drug-likeness (QED) is 0.505. The SMILES string of the molecule is NC(=O)COCCNc1ccc(N)cc1C(F)F. The van der Waals surface area contributed by atoms with Crippen LogP contribution in [-0.4, -0.2) is 25.7 Å². The summed E-state index contributed by atoms with van der Waals surface area (Å²) in [6.07, 6.45) is -2.61. The van der Waals surface area contributed by atoms with Gasteiger partial charge in [0.2, 0.25) is 5.91 Å². The van der Waals surface area contributed by atoms with Crippen LogP contribution in [0.1, 0.15) is 12.0 Å². The zero-order chi connectivity index (χ0) is 13.5. The predicted octanol–water partition coefficient (Wildman–Crippen LogP) is 1.12. The van der Waals surface area contributed by atoms with Crippen molar-refractivity contribution in [2.24, 2.45) is 5.73 Å². The first kappa shape index (κ1) is 14.2. The number of alkyl halides is 2. The molecule has 0 unspecified atom stereocenters. The third kappa shape index (κ3) is 4.54.